The van der Waals surface area contributed by atoms with Crippen molar-refractivity contribution in [1.82, 2.24) is 0 Å². The second kappa shape index (κ2) is 3.19. The van der Waals surface area contributed by atoms with E-state index in [0.29, 0.717) is 12.6 Å². The van der Waals surface area contributed by atoms with Gasteiger partial charge >= 0.3 is 0 Å². The van der Waals surface area contributed by atoms with Crippen LogP contribution in [0.15, 0.2) is 0 Å². The van der Waals surface area contributed by atoms with Crippen LogP contribution in [0.4, 0.5) is 0 Å². The molecule has 3 nitrogen and oxygen atoms in total. The summed E-state index contributed by atoms with van der Waals surface area (Å²) in [4.78, 5) is 9.01. The molecule has 50 valence electrons. The molecule has 0 amide bonds. The first-order chi connectivity index (χ1) is 3.56. The van der Waals surface area contributed by atoms with Crippen molar-refractivity contribution in [3.63, 3.8) is 0 Å². The predicted octanol–water partition coefficient (Wildman–Crippen LogP) is -0.642. The van der Waals surface area contributed by atoms with E-state index in [0.717, 1.165) is 6.42 Å². The molecule has 4 heteroatoms. The molecule has 0 aliphatic heterocycles. The molecule has 0 bridgehead atoms. The lowest BCUT2D eigenvalue weighted by atomic mass is 10.5. The molecule has 0 radical (unpaired) electrons. The van der Waals surface area contributed by atoms with Gasteiger partial charge in [0.25, 0.3) is 8.48 Å². The van der Waals surface area contributed by atoms with Gasteiger partial charge in [-0.05, 0) is 25.6 Å². The van der Waals surface area contributed by atoms with E-state index in [2.05, 4.69) is 0 Å². The van der Waals surface area contributed by atoms with E-state index in [1.807, 2.05) is 0 Å². The first-order valence-corrected chi connectivity index (χ1v) is 5.51. The van der Waals surface area contributed by atoms with E-state index in [1.165, 1.54) is 0 Å². The van der Waals surface area contributed by atoms with Gasteiger partial charge in [-0.2, -0.15) is 0 Å². The Morgan fingerprint density at radius 2 is 2.12 bits per heavy atom. The molecule has 0 heterocycles. The summed E-state index contributed by atoms with van der Waals surface area (Å²) >= 11 is 0. The molecule has 0 aromatic heterocycles. The molecule has 5 N–H and O–H groups in total. The van der Waals surface area contributed by atoms with Crippen LogP contribution in [0.2, 0.25) is 12.6 Å². The van der Waals surface area contributed by atoms with E-state index >= 15 is 0 Å². The Morgan fingerprint density at radius 3 is 2.25 bits per heavy atom. The van der Waals surface area contributed by atoms with Crippen LogP contribution in [-0.4, -0.2) is 19.8 Å². The van der Waals surface area contributed by atoms with Gasteiger partial charge in [0.2, 0.25) is 0 Å². The maximum atomic E-state index is 9.01. The SMILES string of the molecule is C[Si](N)(O)CCCN. The largest absolute Gasteiger partial charge is 0.419 e. The highest BCUT2D eigenvalue weighted by atomic mass is 28.4. The van der Waals surface area contributed by atoms with Gasteiger partial charge in [-0.3, -0.25) is 0 Å². The summed E-state index contributed by atoms with van der Waals surface area (Å²) in [6.45, 7) is 2.34. The quantitative estimate of drug-likeness (QED) is 0.449. The summed E-state index contributed by atoms with van der Waals surface area (Å²) < 4.78 is 0. The van der Waals surface area contributed by atoms with Gasteiger partial charge in [0, 0.05) is 0 Å². The first-order valence-electron chi connectivity index (χ1n) is 2.77. The fourth-order valence-corrected chi connectivity index (χ4v) is 1.38. The molecule has 0 spiro atoms. The van der Waals surface area contributed by atoms with Crippen molar-refractivity contribution in [1.29, 1.82) is 0 Å². The highest BCUT2D eigenvalue weighted by molar-refractivity contribution is 6.67. The summed E-state index contributed by atoms with van der Waals surface area (Å²) in [5, 5.41) is 5.36. The topological polar surface area (TPSA) is 72.3 Å². The van der Waals surface area contributed by atoms with E-state index < -0.39 is 8.48 Å². The second-order valence-electron chi connectivity index (χ2n) is 2.25. The lowest BCUT2D eigenvalue weighted by Gasteiger charge is -2.10. The average Bonchev–Trinajstić information content (AvgIpc) is 1.59. The predicted molar refractivity (Wildman–Crippen MR) is 36.5 cm³/mol. The summed E-state index contributed by atoms with van der Waals surface area (Å²) in [6, 6.07) is 0.712. The third-order valence-corrected chi connectivity index (χ3v) is 2.25. The summed E-state index contributed by atoms with van der Waals surface area (Å²) in [5.74, 6) is 0. The highest BCUT2D eigenvalue weighted by Crippen LogP contribution is 1.98. The molecule has 1 unspecified atom stereocenters. The zero-order valence-electron chi connectivity index (χ0n) is 5.22. The molecule has 0 aliphatic rings. The minimum absolute atomic E-state index is 0.625. The highest BCUT2D eigenvalue weighted by Gasteiger charge is 2.16. The van der Waals surface area contributed by atoms with Crippen LogP contribution in [0.1, 0.15) is 6.42 Å². The number of hydrogen-bond donors (Lipinski definition) is 3. The van der Waals surface area contributed by atoms with Crippen LogP contribution >= 0.6 is 0 Å². The molecular formula is C4H14N2OSi. The molecule has 1 atom stereocenters. The standard InChI is InChI=1S/C4H14N2OSi/c1-8(6,7)4-2-3-5/h7H,2-6H2,1H3. The van der Waals surface area contributed by atoms with Gasteiger partial charge in [-0.25, -0.2) is 0 Å². The Morgan fingerprint density at radius 1 is 1.62 bits per heavy atom. The van der Waals surface area contributed by atoms with Crippen molar-refractivity contribution in [3.05, 3.63) is 0 Å². The van der Waals surface area contributed by atoms with Crippen molar-refractivity contribution in [3.8, 4) is 0 Å². The van der Waals surface area contributed by atoms with Gasteiger partial charge in [0.05, 0.1) is 0 Å². The monoisotopic (exact) mass is 134 g/mol. The van der Waals surface area contributed by atoms with Gasteiger partial charge in [-0.1, -0.05) is 0 Å². The summed E-state index contributed by atoms with van der Waals surface area (Å²) in [6.07, 6.45) is 0.843. The third-order valence-electron chi connectivity index (χ3n) is 0.887. The van der Waals surface area contributed by atoms with Gasteiger partial charge in [0.15, 0.2) is 0 Å². The van der Waals surface area contributed by atoms with Crippen molar-refractivity contribution in [2.24, 2.45) is 11.1 Å². The Bertz CT molecular complexity index is 61.5. The Labute approximate surface area is 50.9 Å². The normalized spacial score (nSPS) is 18.0. The lowest BCUT2D eigenvalue weighted by molar-refractivity contribution is 0.537. The van der Waals surface area contributed by atoms with Gasteiger partial charge < -0.3 is 15.9 Å². The molecule has 0 saturated heterocycles. The fraction of sp³-hybridized carbons (Fsp3) is 1.00. The van der Waals surface area contributed by atoms with E-state index in [1.54, 1.807) is 6.55 Å². The lowest BCUT2D eigenvalue weighted by Crippen LogP contribution is -2.42. The minimum atomic E-state index is -2.26. The van der Waals surface area contributed by atoms with E-state index in [9.17, 15) is 0 Å². The molecule has 0 aliphatic carbocycles. The number of nitrogens with two attached hydrogens (primary N) is 2. The fourth-order valence-electron chi connectivity index (χ4n) is 0.460. The molecular weight excluding hydrogens is 120 g/mol. The zero-order valence-corrected chi connectivity index (χ0v) is 6.22. The first kappa shape index (κ1) is 8.10. The molecule has 0 fully saturated rings. The van der Waals surface area contributed by atoms with Crippen LogP contribution in [0.5, 0.6) is 0 Å². The van der Waals surface area contributed by atoms with E-state index in [4.69, 9.17) is 15.9 Å². The zero-order chi connectivity index (χ0) is 6.62. The van der Waals surface area contributed by atoms with Crippen LogP contribution in [0.25, 0.3) is 0 Å². The third kappa shape index (κ3) is 6.10. The number of hydrogen-bond acceptors (Lipinski definition) is 3. The summed E-state index contributed by atoms with van der Waals surface area (Å²) in [5.41, 5.74) is 5.19. The van der Waals surface area contributed by atoms with Crippen LogP contribution in [0, 0.1) is 0 Å². The molecule has 0 aromatic carbocycles. The molecule has 0 rings (SSSR count). The Kier molecular flexibility index (Phi) is 3.23. The molecule has 0 saturated carbocycles. The van der Waals surface area contributed by atoms with Crippen molar-refractivity contribution < 1.29 is 4.80 Å². The number of rotatable bonds is 3. The molecule has 0 aromatic rings. The van der Waals surface area contributed by atoms with Crippen LogP contribution < -0.4 is 11.1 Å². The van der Waals surface area contributed by atoms with Crippen molar-refractivity contribution in [2.45, 2.75) is 19.0 Å². The Balaban J connectivity index is 3.11. The maximum Gasteiger partial charge on any atom is 0.260 e. The van der Waals surface area contributed by atoms with Crippen LogP contribution in [-0.2, 0) is 0 Å². The average molecular weight is 134 g/mol. The maximum absolute atomic E-state index is 9.01. The van der Waals surface area contributed by atoms with Crippen molar-refractivity contribution >= 4 is 8.48 Å². The van der Waals surface area contributed by atoms with Gasteiger partial charge in [0.1, 0.15) is 0 Å². The molecule has 8 heavy (non-hydrogen) atoms. The Hall–Kier alpha value is 0.0969. The van der Waals surface area contributed by atoms with Gasteiger partial charge in [-0.15, -0.1) is 0 Å². The minimum Gasteiger partial charge on any atom is -0.419 e. The van der Waals surface area contributed by atoms with E-state index in [-0.39, 0.29) is 0 Å². The van der Waals surface area contributed by atoms with Crippen molar-refractivity contribution in [2.75, 3.05) is 6.54 Å². The summed E-state index contributed by atoms with van der Waals surface area (Å²) in [7, 11) is -2.26. The smallest absolute Gasteiger partial charge is 0.260 e. The van der Waals surface area contributed by atoms with Crippen LogP contribution in [0.3, 0.4) is 0 Å². The second-order valence-corrected chi connectivity index (χ2v) is 5.46.